The van der Waals surface area contributed by atoms with Crippen LogP contribution in [0, 0.1) is 0 Å². The lowest BCUT2D eigenvalue weighted by Crippen LogP contribution is -2.22. The van der Waals surface area contributed by atoms with Gasteiger partial charge in [0.1, 0.15) is 36.2 Å². The van der Waals surface area contributed by atoms with Crippen LogP contribution in [-0.4, -0.2) is 73.0 Å². The molecular formula is C42H50O10. The maximum Gasteiger partial charge on any atom is 0.311 e. The number of benzene rings is 4. The maximum absolute atomic E-state index is 12.4. The molecule has 10 nitrogen and oxygen atoms in total. The summed E-state index contributed by atoms with van der Waals surface area (Å²) < 4.78 is 33.5. The normalized spacial score (nSPS) is 13.4. The topological polar surface area (TPSA) is 130 Å². The van der Waals surface area contributed by atoms with E-state index in [4.69, 9.17) is 28.4 Å². The molecule has 4 aromatic carbocycles. The molecule has 0 spiro atoms. The second-order valence-corrected chi connectivity index (χ2v) is 12.9. The average molecular weight is 715 g/mol. The van der Waals surface area contributed by atoms with E-state index in [1.807, 2.05) is 86.6 Å². The Bertz CT molecular complexity index is 1510. The summed E-state index contributed by atoms with van der Waals surface area (Å²) in [7, 11) is 0. The molecular weight excluding hydrogens is 664 g/mol. The van der Waals surface area contributed by atoms with Crippen LogP contribution >= 0.6 is 0 Å². The van der Waals surface area contributed by atoms with E-state index >= 15 is 0 Å². The first-order valence-corrected chi connectivity index (χ1v) is 17.7. The second kappa shape index (κ2) is 20.9. The van der Waals surface area contributed by atoms with E-state index in [-0.39, 0.29) is 50.2 Å². The molecule has 0 bridgehead atoms. The summed E-state index contributed by atoms with van der Waals surface area (Å²) in [6.45, 7) is 8.44. The zero-order chi connectivity index (χ0) is 37.3. The number of unbranched alkanes of at least 4 members (excludes halogenated alkanes) is 1. The zero-order valence-electron chi connectivity index (χ0n) is 30.4. The number of hydrogen-bond acceptors (Lipinski definition) is 10. The molecule has 0 fully saturated rings. The van der Waals surface area contributed by atoms with E-state index in [2.05, 4.69) is 0 Å². The Kier molecular flexibility index (Phi) is 16.1. The molecule has 0 aliphatic heterocycles. The van der Waals surface area contributed by atoms with Gasteiger partial charge in [-0.3, -0.25) is 9.59 Å². The minimum absolute atomic E-state index is 0.140. The van der Waals surface area contributed by atoms with E-state index < -0.39 is 12.2 Å². The highest BCUT2D eigenvalue weighted by Crippen LogP contribution is 2.27. The number of hydrogen-bond donors (Lipinski definition) is 2. The van der Waals surface area contributed by atoms with Gasteiger partial charge in [0.05, 0.1) is 37.6 Å². The summed E-state index contributed by atoms with van der Waals surface area (Å²) in [5.41, 5.74) is 3.92. The van der Waals surface area contributed by atoms with Crippen LogP contribution in [0.25, 0.3) is 22.3 Å². The Balaban J connectivity index is 1.11. The van der Waals surface area contributed by atoms with Gasteiger partial charge in [-0.15, -0.1) is 0 Å². The standard InChI is InChI=1S/C42H50O10/c1-29(43)25-47-31(3)27-49-37-17-9-33(10-18-37)35-13-21-39(22-14-35)51-41(45)7-5-6-8-42(46)52-40-23-15-36(16-24-40)34-11-19-38(20-12-34)50-28-32(4)48-26-30(2)44/h9-24,29-32,43-44H,5-8,25-28H2,1-4H3. The van der Waals surface area contributed by atoms with Gasteiger partial charge in [0.2, 0.25) is 0 Å². The van der Waals surface area contributed by atoms with Crippen molar-refractivity contribution in [2.24, 2.45) is 0 Å². The molecule has 0 amide bonds. The first-order chi connectivity index (χ1) is 25.0. The van der Waals surface area contributed by atoms with Gasteiger partial charge in [-0.05, 0) is 111 Å². The monoisotopic (exact) mass is 714 g/mol. The van der Waals surface area contributed by atoms with E-state index in [0.717, 1.165) is 33.8 Å². The third-order valence-electron chi connectivity index (χ3n) is 7.77. The Morgan fingerprint density at radius 2 is 0.750 bits per heavy atom. The molecule has 0 aliphatic rings. The first-order valence-electron chi connectivity index (χ1n) is 17.7. The van der Waals surface area contributed by atoms with Gasteiger partial charge in [-0.25, -0.2) is 0 Å². The molecule has 4 unspecified atom stereocenters. The lowest BCUT2D eigenvalue weighted by Gasteiger charge is -2.15. The van der Waals surface area contributed by atoms with Crippen molar-refractivity contribution >= 4 is 11.9 Å². The number of rotatable bonds is 21. The van der Waals surface area contributed by atoms with E-state index in [1.54, 1.807) is 38.1 Å². The molecule has 52 heavy (non-hydrogen) atoms. The van der Waals surface area contributed by atoms with Crippen molar-refractivity contribution in [2.75, 3.05) is 26.4 Å². The average Bonchev–Trinajstić information content (AvgIpc) is 3.14. The predicted octanol–water partition coefficient (Wildman–Crippen LogP) is 7.42. The molecule has 0 saturated carbocycles. The summed E-state index contributed by atoms with van der Waals surface area (Å²) in [6, 6.07) is 29.9. The van der Waals surface area contributed by atoms with Gasteiger partial charge < -0.3 is 38.6 Å². The van der Waals surface area contributed by atoms with Crippen molar-refractivity contribution in [3.63, 3.8) is 0 Å². The molecule has 4 rings (SSSR count). The van der Waals surface area contributed by atoms with Gasteiger partial charge in [-0.1, -0.05) is 48.5 Å². The SMILES string of the molecule is CC(O)COC(C)COc1ccc(-c2ccc(OC(=O)CCCCC(=O)Oc3ccc(-c4ccc(OCC(C)OCC(C)O)cc4)cc3)cc2)cc1. The van der Waals surface area contributed by atoms with Crippen LogP contribution in [0.3, 0.4) is 0 Å². The van der Waals surface area contributed by atoms with Crippen molar-refractivity contribution in [1.29, 1.82) is 0 Å². The van der Waals surface area contributed by atoms with E-state index in [1.165, 1.54) is 0 Å². The Hall–Kier alpha value is -4.74. The molecule has 4 aromatic rings. The van der Waals surface area contributed by atoms with Crippen LogP contribution in [0.1, 0.15) is 53.4 Å². The highest BCUT2D eigenvalue weighted by Gasteiger charge is 2.11. The van der Waals surface area contributed by atoms with Gasteiger partial charge in [0.25, 0.3) is 0 Å². The molecule has 10 heteroatoms. The summed E-state index contributed by atoms with van der Waals surface area (Å²) in [6.07, 6.45) is 0.0676. The number of aliphatic hydroxyl groups is 2. The highest BCUT2D eigenvalue weighted by atomic mass is 16.5. The number of carbonyl (C=O) groups excluding carboxylic acids is 2. The van der Waals surface area contributed by atoms with E-state index in [0.29, 0.717) is 37.6 Å². The van der Waals surface area contributed by atoms with Gasteiger partial charge in [-0.2, -0.15) is 0 Å². The Morgan fingerprint density at radius 1 is 0.462 bits per heavy atom. The molecule has 0 aliphatic carbocycles. The van der Waals surface area contributed by atoms with Crippen LogP contribution in [0.15, 0.2) is 97.1 Å². The van der Waals surface area contributed by atoms with Crippen molar-refractivity contribution in [3.05, 3.63) is 97.1 Å². The third-order valence-corrected chi connectivity index (χ3v) is 7.77. The number of ether oxygens (including phenoxy) is 6. The predicted molar refractivity (Wildman–Crippen MR) is 199 cm³/mol. The summed E-state index contributed by atoms with van der Waals surface area (Å²) in [5, 5.41) is 18.7. The van der Waals surface area contributed by atoms with Gasteiger partial charge in [0, 0.05) is 12.8 Å². The zero-order valence-corrected chi connectivity index (χ0v) is 30.4. The minimum atomic E-state index is -0.513. The summed E-state index contributed by atoms with van der Waals surface area (Å²) in [4.78, 5) is 24.8. The second-order valence-electron chi connectivity index (χ2n) is 12.9. The smallest absolute Gasteiger partial charge is 0.311 e. The fourth-order valence-electron chi connectivity index (χ4n) is 4.95. The molecule has 2 N–H and O–H groups in total. The minimum Gasteiger partial charge on any atom is -0.491 e. The van der Waals surface area contributed by atoms with Gasteiger partial charge >= 0.3 is 11.9 Å². The maximum atomic E-state index is 12.4. The quantitative estimate of drug-likeness (QED) is 0.0511. The Labute approximate surface area is 306 Å². The fraction of sp³-hybridized carbons (Fsp3) is 0.381. The van der Waals surface area contributed by atoms with Crippen LogP contribution in [0.2, 0.25) is 0 Å². The molecule has 0 heterocycles. The van der Waals surface area contributed by atoms with Crippen molar-refractivity contribution in [2.45, 2.75) is 77.8 Å². The van der Waals surface area contributed by atoms with Crippen molar-refractivity contribution in [3.8, 4) is 45.3 Å². The van der Waals surface area contributed by atoms with Crippen molar-refractivity contribution < 1.29 is 48.2 Å². The summed E-state index contributed by atoms with van der Waals surface area (Å²) >= 11 is 0. The van der Waals surface area contributed by atoms with Crippen molar-refractivity contribution in [1.82, 2.24) is 0 Å². The third kappa shape index (κ3) is 14.5. The van der Waals surface area contributed by atoms with Gasteiger partial charge in [0.15, 0.2) is 0 Å². The molecule has 4 atom stereocenters. The summed E-state index contributed by atoms with van der Waals surface area (Å²) in [5.74, 6) is 1.63. The highest BCUT2D eigenvalue weighted by molar-refractivity contribution is 5.74. The van der Waals surface area contributed by atoms with Crippen LogP contribution in [0.5, 0.6) is 23.0 Å². The van der Waals surface area contributed by atoms with Crippen LogP contribution in [-0.2, 0) is 19.1 Å². The number of carbonyl (C=O) groups is 2. The molecule has 0 aromatic heterocycles. The van der Waals surface area contributed by atoms with E-state index in [9.17, 15) is 19.8 Å². The Morgan fingerprint density at radius 3 is 1.04 bits per heavy atom. The largest absolute Gasteiger partial charge is 0.491 e. The number of esters is 2. The molecule has 0 saturated heterocycles. The first kappa shape index (κ1) is 40.0. The molecule has 278 valence electrons. The fourth-order valence-corrected chi connectivity index (χ4v) is 4.95. The lowest BCUT2D eigenvalue weighted by molar-refractivity contribution is -0.136. The van der Waals surface area contributed by atoms with Crippen LogP contribution < -0.4 is 18.9 Å². The molecule has 0 radical (unpaired) electrons. The van der Waals surface area contributed by atoms with Crippen LogP contribution in [0.4, 0.5) is 0 Å². The lowest BCUT2D eigenvalue weighted by atomic mass is 10.1. The number of aliphatic hydroxyl groups excluding tert-OH is 2.